The first-order valence-electron chi connectivity index (χ1n) is 6.48. The van der Waals surface area contributed by atoms with Gasteiger partial charge in [-0.25, -0.2) is 0 Å². The van der Waals surface area contributed by atoms with Crippen LogP contribution in [0.1, 0.15) is 23.6 Å². The van der Waals surface area contributed by atoms with Crippen LogP contribution < -0.4 is 5.32 Å². The summed E-state index contributed by atoms with van der Waals surface area (Å²) in [4.78, 5) is 1.39. The first-order chi connectivity index (χ1) is 9.24. The van der Waals surface area contributed by atoms with Gasteiger partial charge in [0, 0.05) is 21.4 Å². The molecule has 2 aromatic rings. The van der Waals surface area contributed by atoms with E-state index in [2.05, 4.69) is 41.7 Å². The lowest BCUT2D eigenvalue weighted by molar-refractivity contribution is 0.728. The van der Waals surface area contributed by atoms with E-state index in [4.69, 9.17) is 11.6 Å². The maximum Gasteiger partial charge on any atom is 0.0532 e. The molecular weight excluding hydrogens is 274 g/mol. The minimum atomic E-state index is 0.385. The molecule has 1 nitrogen and oxygen atoms in total. The number of benzene rings is 2. The highest BCUT2D eigenvalue weighted by atomic mass is 35.5. The van der Waals surface area contributed by atoms with Gasteiger partial charge in [0.2, 0.25) is 0 Å². The fourth-order valence-electron chi connectivity index (χ4n) is 2.38. The molecule has 0 aliphatic carbocycles. The minimum Gasteiger partial charge on any atom is -0.378 e. The number of aryl methyl sites for hydroxylation is 1. The van der Waals surface area contributed by atoms with E-state index in [0.717, 1.165) is 28.4 Å². The summed E-state index contributed by atoms with van der Waals surface area (Å²) < 4.78 is 0. The zero-order valence-corrected chi connectivity index (χ0v) is 12.4. The van der Waals surface area contributed by atoms with Crippen LogP contribution in [0, 0.1) is 6.92 Å². The van der Waals surface area contributed by atoms with Gasteiger partial charge in [0.05, 0.1) is 6.04 Å². The van der Waals surface area contributed by atoms with Gasteiger partial charge in [-0.2, -0.15) is 0 Å². The average molecular weight is 290 g/mol. The van der Waals surface area contributed by atoms with Crippen molar-refractivity contribution >= 4 is 29.1 Å². The molecule has 0 bridgehead atoms. The Morgan fingerprint density at radius 3 is 2.89 bits per heavy atom. The first-order valence-corrected chi connectivity index (χ1v) is 7.85. The van der Waals surface area contributed by atoms with E-state index < -0.39 is 0 Å². The third-order valence-electron chi connectivity index (χ3n) is 3.47. The lowest BCUT2D eigenvalue weighted by Gasteiger charge is -2.27. The Bertz CT molecular complexity index is 597. The van der Waals surface area contributed by atoms with Gasteiger partial charge in [-0.1, -0.05) is 35.9 Å². The molecule has 1 unspecified atom stereocenters. The fraction of sp³-hybridized carbons (Fsp3) is 0.250. The normalized spacial score (nSPS) is 17.9. The Balaban J connectivity index is 1.86. The van der Waals surface area contributed by atoms with Crippen molar-refractivity contribution in [2.75, 3.05) is 11.1 Å². The predicted octanol–water partition coefficient (Wildman–Crippen LogP) is 5.30. The number of rotatable bonds is 2. The number of fused-ring (bicyclic) bond motifs is 1. The Labute approximate surface area is 123 Å². The number of hydrogen-bond donors (Lipinski definition) is 1. The van der Waals surface area contributed by atoms with Crippen molar-refractivity contribution in [2.45, 2.75) is 24.3 Å². The average Bonchev–Trinajstić information content (AvgIpc) is 2.43. The van der Waals surface area contributed by atoms with Gasteiger partial charge in [-0.05, 0) is 42.7 Å². The molecule has 2 aromatic carbocycles. The smallest absolute Gasteiger partial charge is 0.0532 e. The molecule has 0 fully saturated rings. The Hall–Kier alpha value is -1.12. The summed E-state index contributed by atoms with van der Waals surface area (Å²) in [7, 11) is 0. The van der Waals surface area contributed by atoms with E-state index in [1.807, 2.05) is 24.8 Å². The fourth-order valence-corrected chi connectivity index (χ4v) is 3.68. The van der Waals surface area contributed by atoms with Crippen molar-refractivity contribution in [2.24, 2.45) is 0 Å². The molecule has 3 heteroatoms. The van der Waals surface area contributed by atoms with Crippen LogP contribution in [0.4, 0.5) is 5.69 Å². The van der Waals surface area contributed by atoms with Crippen molar-refractivity contribution in [1.29, 1.82) is 0 Å². The van der Waals surface area contributed by atoms with Crippen LogP contribution in [0.2, 0.25) is 5.02 Å². The lowest BCUT2D eigenvalue weighted by atomic mass is 10.0. The lowest BCUT2D eigenvalue weighted by Crippen LogP contribution is -2.15. The van der Waals surface area contributed by atoms with Crippen LogP contribution in [-0.2, 0) is 0 Å². The van der Waals surface area contributed by atoms with E-state index in [-0.39, 0.29) is 0 Å². The molecule has 0 aromatic heterocycles. The van der Waals surface area contributed by atoms with Gasteiger partial charge < -0.3 is 5.32 Å². The standard InChI is InChI=1S/C16H16ClNS/c1-11-6-7-12(10-14(11)17)18-15-8-9-19-16-5-3-2-4-13(15)16/h2-7,10,15,18H,8-9H2,1H3. The van der Waals surface area contributed by atoms with Gasteiger partial charge >= 0.3 is 0 Å². The highest BCUT2D eigenvalue weighted by molar-refractivity contribution is 7.99. The van der Waals surface area contributed by atoms with Gasteiger partial charge in [0.25, 0.3) is 0 Å². The zero-order chi connectivity index (χ0) is 13.2. The SMILES string of the molecule is Cc1ccc(NC2CCSc3ccccc32)cc1Cl. The third kappa shape index (κ3) is 2.75. The van der Waals surface area contributed by atoms with Crippen molar-refractivity contribution in [3.63, 3.8) is 0 Å². The van der Waals surface area contributed by atoms with Gasteiger partial charge in [0.1, 0.15) is 0 Å². The number of hydrogen-bond acceptors (Lipinski definition) is 2. The molecule has 0 saturated heterocycles. The Morgan fingerprint density at radius 1 is 1.21 bits per heavy atom. The van der Waals surface area contributed by atoms with E-state index in [0.29, 0.717) is 6.04 Å². The summed E-state index contributed by atoms with van der Waals surface area (Å²) in [6, 6.07) is 15.2. The summed E-state index contributed by atoms with van der Waals surface area (Å²) in [5.41, 5.74) is 3.62. The van der Waals surface area contributed by atoms with E-state index >= 15 is 0 Å². The van der Waals surface area contributed by atoms with Gasteiger partial charge in [0.15, 0.2) is 0 Å². The molecule has 0 radical (unpaired) electrons. The molecule has 1 aliphatic rings. The molecule has 1 N–H and O–H groups in total. The predicted molar refractivity (Wildman–Crippen MR) is 84.3 cm³/mol. The van der Waals surface area contributed by atoms with Crippen molar-refractivity contribution in [3.05, 3.63) is 58.6 Å². The summed E-state index contributed by atoms with van der Waals surface area (Å²) in [6.45, 7) is 2.03. The molecule has 0 amide bonds. The molecule has 0 saturated carbocycles. The molecule has 98 valence electrons. The Morgan fingerprint density at radius 2 is 2.05 bits per heavy atom. The largest absolute Gasteiger partial charge is 0.378 e. The molecule has 1 atom stereocenters. The van der Waals surface area contributed by atoms with E-state index in [1.54, 1.807) is 0 Å². The Kier molecular flexibility index (Phi) is 3.72. The van der Waals surface area contributed by atoms with Crippen LogP contribution in [0.15, 0.2) is 47.4 Å². The number of anilines is 1. The monoisotopic (exact) mass is 289 g/mol. The molecule has 1 heterocycles. The van der Waals surface area contributed by atoms with Crippen molar-refractivity contribution in [1.82, 2.24) is 0 Å². The second-order valence-electron chi connectivity index (χ2n) is 4.84. The van der Waals surface area contributed by atoms with Crippen LogP contribution in [0.5, 0.6) is 0 Å². The second-order valence-corrected chi connectivity index (χ2v) is 6.38. The van der Waals surface area contributed by atoms with Crippen LogP contribution >= 0.6 is 23.4 Å². The minimum absolute atomic E-state index is 0.385. The van der Waals surface area contributed by atoms with Gasteiger partial charge in [-0.3, -0.25) is 0 Å². The summed E-state index contributed by atoms with van der Waals surface area (Å²) in [6.07, 6.45) is 1.15. The maximum absolute atomic E-state index is 6.19. The molecule has 19 heavy (non-hydrogen) atoms. The number of halogens is 1. The summed E-state index contributed by atoms with van der Waals surface area (Å²) in [5, 5.41) is 4.43. The van der Waals surface area contributed by atoms with Crippen LogP contribution in [0.25, 0.3) is 0 Å². The van der Waals surface area contributed by atoms with E-state index in [9.17, 15) is 0 Å². The van der Waals surface area contributed by atoms with Crippen LogP contribution in [0.3, 0.4) is 0 Å². The molecule has 3 rings (SSSR count). The van der Waals surface area contributed by atoms with Crippen LogP contribution in [-0.4, -0.2) is 5.75 Å². The summed E-state index contributed by atoms with van der Waals surface area (Å²) >= 11 is 8.13. The van der Waals surface area contributed by atoms with Crippen molar-refractivity contribution in [3.8, 4) is 0 Å². The number of nitrogens with one attached hydrogen (secondary N) is 1. The zero-order valence-electron chi connectivity index (χ0n) is 10.8. The third-order valence-corrected chi connectivity index (χ3v) is 5.00. The number of thioether (sulfide) groups is 1. The van der Waals surface area contributed by atoms with Crippen molar-refractivity contribution < 1.29 is 0 Å². The topological polar surface area (TPSA) is 12.0 Å². The van der Waals surface area contributed by atoms with Gasteiger partial charge in [-0.15, -0.1) is 11.8 Å². The highest BCUT2D eigenvalue weighted by Gasteiger charge is 2.19. The molecular formula is C16H16ClNS. The first kappa shape index (κ1) is 12.9. The maximum atomic E-state index is 6.19. The summed E-state index contributed by atoms with van der Waals surface area (Å²) in [5.74, 6) is 1.16. The molecule has 1 aliphatic heterocycles. The second kappa shape index (κ2) is 5.48. The highest BCUT2D eigenvalue weighted by Crippen LogP contribution is 2.38. The quantitative estimate of drug-likeness (QED) is 0.805. The molecule has 0 spiro atoms. The van der Waals surface area contributed by atoms with E-state index in [1.165, 1.54) is 10.5 Å².